The lowest BCUT2D eigenvalue weighted by molar-refractivity contribution is 0.0590. The number of hydrogen-bond donors (Lipinski definition) is 1. The molecule has 1 aliphatic heterocycles. The van der Waals surface area contributed by atoms with Crippen molar-refractivity contribution in [3.63, 3.8) is 0 Å². The fourth-order valence-electron chi connectivity index (χ4n) is 2.54. The van der Waals surface area contributed by atoms with Gasteiger partial charge in [0.1, 0.15) is 11.4 Å². The third-order valence-electron chi connectivity index (χ3n) is 3.89. The van der Waals surface area contributed by atoms with Crippen LogP contribution in [0.25, 0.3) is 0 Å². The molecule has 6 nitrogen and oxygen atoms in total. The van der Waals surface area contributed by atoms with Crippen LogP contribution in [0.1, 0.15) is 23.2 Å². The van der Waals surface area contributed by atoms with E-state index in [0.717, 1.165) is 13.2 Å². The second-order valence-corrected chi connectivity index (χ2v) is 7.09. The molecule has 2 N–H and O–H groups in total. The van der Waals surface area contributed by atoms with Crippen molar-refractivity contribution in [1.82, 2.24) is 4.31 Å². The Kier molecular flexibility index (Phi) is 6.94. The summed E-state index contributed by atoms with van der Waals surface area (Å²) in [7, 11) is -2.87. The molecule has 0 unspecified atom stereocenters. The number of benzene rings is 1. The molecule has 0 saturated carbocycles. The summed E-state index contributed by atoms with van der Waals surface area (Å²) in [5.41, 5.74) is 5.04. The minimum Gasteiger partial charge on any atom is -0.465 e. The highest BCUT2D eigenvalue weighted by atomic mass is 35.5. The fourth-order valence-corrected chi connectivity index (χ4v) is 4.20. The van der Waals surface area contributed by atoms with Gasteiger partial charge in [-0.2, -0.15) is 4.31 Å². The predicted molar refractivity (Wildman–Crippen MR) is 85.5 cm³/mol. The van der Waals surface area contributed by atoms with Gasteiger partial charge in [-0.25, -0.2) is 17.6 Å². The van der Waals surface area contributed by atoms with Gasteiger partial charge in [0.15, 0.2) is 0 Å². The van der Waals surface area contributed by atoms with Crippen molar-refractivity contribution in [1.29, 1.82) is 0 Å². The highest BCUT2D eigenvalue weighted by molar-refractivity contribution is 7.89. The van der Waals surface area contributed by atoms with Gasteiger partial charge < -0.3 is 10.5 Å². The summed E-state index contributed by atoms with van der Waals surface area (Å²) >= 11 is 0. The molecule has 0 aliphatic carbocycles. The largest absolute Gasteiger partial charge is 0.465 e. The van der Waals surface area contributed by atoms with E-state index in [-0.39, 0.29) is 17.3 Å². The van der Waals surface area contributed by atoms with E-state index >= 15 is 0 Å². The van der Waals surface area contributed by atoms with E-state index in [2.05, 4.69) is 4.74 Å². The zero-order chi connectivity index (χ0) is 16.3. The third-order valence-corrected chi connectivity index (χ3v) is 5.83. The Hall–Kier alpha value is -1.22. The first-order chi connectivity index (χ1) is 10.4. The standard InChI is InChI=1S/C14H19FN2O4S.ClH/c1-21-14(18)13-11(15)3-2-4-12(13)22(19,20)17-7-5-10(9-16)6-8-17;/h2-4,10H,5-9,16H2,1H3;1H. The molecule has 0 bridgehead atoms. The molecule has 9 heteroatoms. The van der Waals surface area contributed by atoms with Crippen molar-refractivity contribution in [2.45, 2.75) is 17.7 Å². The summed E-state index contributed by atoms with van der Waals surface area (Å²) in [5.74, 6) is -1.63. The molecule has 130 valence electrons. The Morgan fingerprint density at radius 2 is 2.00 bits per heavy atom. The first-order valence-electron chi connectivity index (χ1n) is 6.98. The molecule has 1 aromatic carbocycles. The van der Waals surface area contributed by atoms with Gasteiger partial charge in [-0.1, -0.05) is 6.07 Å². The number of nitrogens with two attached hydrogens (primary N) is 1. The number of sulfonamides is 1. The number of rotatable bonds is 4. The van der Waals surface area contributed by atoms with Crippen LogP contribution in [-0.2, 0) is 14.8 Å². The SMILES string of the molecule is COC(=O)c1c(F)cccc1S(=O)(=O)N1CCC(CN)CC1.Cl. The topological polar surface area (TPSA) is 89.7 Å². The van der Waals surface area contributed by atoms with Crippen LogP contribution in [-0.4, -0.2) is 45.4 Å². The van der Waals surface area contributed by atoms with Gasteiger partial charge in [0, 0.05) is 13.1 Å². The molecule has 0 amide bonds. The van der Waals surface area contributed by atoms with Crippen LogP contribution in [0.2, 0.25) is 0 Å². The van der Waals surface area contributed by atoms with Crippen LogP contribution in [0.4, 0.5) is 4.39 Å². The number of halogens is 2. The van der Waals surface area contributed by atoms with Gasteiger partial charge in [0.2, 0.25) is 10.0 Å². The first kappa shape index (κ1) is 19.8. The maximum Gasteiger partial charge on any atom is 0.342 e. The maximum atomic E-state index is 13.9. The zero-order valence-corrected chi connectivity index (χ0v) is 14.3. The lowest BCUT2D eigenvalue weighted by Gasteiger charge is -2.30. The molecule has 1 heterocycles. The summed E-state index contributed by atoms with van der Waals surface area (Å²) < 4.78 is 45.1. The van der Waals surface area contributed by atoms with Crippen molar-refractivity contribution in [2.24, 2.45) is 11.7 Å². The second kappa shape index (κ2) is 8.05. The summed E-state index contributed by atoms with van der Waals surface area (Å²) in [4.78, 5) is 11.4. The van der Waals surface area contributed by atoms with Gasteiger partial charge in [0.25, 0.3) is 0 Å². The molecule has 0 aromatic heterocycles. The Morgan fingerprint density at radius 1 is 1.39 bits per heavy atom. The number of hydrogen-bond acceptors (Lipinski definition) is 5. The number of nitrogens with zero attached hydrogens (tertiary/aromatic N) is 1. The van der Waals surface area contributed by atoms with Crippen molar-refractivity contribution >= 4 is 28.4 Å². The minimum absolute atomic E-state index is 0. The second-order valence-electron chi connectivity index (χ2n) is 5.19. The van der Waals surface area contributed by atoms with E-state index in [9.17, 15) is 17.6 Å². The number of carbonyl (C=O) groups is 1. The Morgan fingerprint density at radius 3 is 2.52 bits per heavy atom. The smallest absolute Gasteiger partial charge is 0.342 e. The third kappa shape index (κ3) is 4.00. The van der Waals surface area contributed by atoms with Crippen molar-refractivity contribution in [3.05, 3.63) is 29.6 Å². The normalized spacial score (nSPS) is 16.7. The lowest BCUT2D eigenvalue weighted by Crippen LogP contribution is -2.40. The zero-order valence-electron chi connectivity index (χ0n) is 12.7. The molecular weight excluding hydrogens is 347 g/mol. The molecule has 1 aliphatic rings. The molecule has 2 rings (SSSR count). The minimum atomic E-state index is -3.95. The van der Waals surface area contributed by atoms with Crippen LogP contribution in [0.5, 0.6) is 0 Å². The van der Waals surface area contributed by atoms with E-state index < -0.39 is 27.4 Å². The Labute approximate surface area is 141 Å². The van der Waals surface area contributed by atoms with Crippen LogP contribution in [0.15, 0.2) is 23.1 Å². The number of methoxy groups -OCH3 is 1. The van der Waals surface area contributed by atoms with E-state index in [0.29, 0.717) is 38.4 Å². The molecule has 0 atom stereocenters. The van der Waals surface area contributed by atoms with Gasteiger partial charge in [-0.15, -0.1) is 12.4 Å². The highest BCUT2D eigenvalue weighted by Gasteiger charge is 2.33. The number of piperidine rings is 1. The maximum absolute atomic E-state index is 13.9. The number of esters is 1. The molecule has 23 heavy (non-hydrogen) atoms. The highest BCUT2D eigenvalue weighted by Crippen LogP contribution is 2.27. The Balaban J connectivity index is 0.00000264. The summed E-state index contributed by atoms with van der Waals surface area (Å²) in [6, 6.07) is 3.52. The van der Waals surface area contributed by atoms with Crippen molar-refractivity contribution in [3.8, 4) is 0 Å². The molecule has 1 saturated heterocycles. The Bertz CT molecular complexity index is 661. The molecule has 1 aromatic rings. The molecular formula is C14H20ClFN2O4S. The van der Waals surface area contributed by atoms with Crippen LogP contribution in [0, 0.1) is 11.7 Å². The van der Waals surface area contributed by atoms with Crippen molar-refractivity contribution in [2.75, 3.05) is 26.7 Å². The van der Waals surface area contributed by atoms with E-state index in [4.69, 9.17) is 5.73 Å². The predicted octanol–water partition coefficient (Wildman–Crippen LogP) is 1.39. The average Bonchev–Trinajstić information content (AvgIpc) is 2.54. The van der Waals surface area contributed by atoms with Crippen LogP contribution < -0.4 is 5.73 Å². The summed E-state index contributed by atoms with van der Waals surface area (Å²) in [6.45, 7) is 1.13. The molecule has 1 fully saturated rings. The lowest BCUT2D eigenvalue weighted by atomic mass is 9.99. The van der Waals surface area contributed by atoms with Gasteiger partial charge in [-0.05, 0) is 37.4 Å². The van der Waals surface area contributed by atoms with Crippen LogP contribution in [0.3, 0.4) is 0 Å². The summed E-state index contributed by atoms with van der Waals surface area (Å²) in [6.07, 6.45) is 1.30. The van der Waals surface area contributed by atoms with Crippen LogP contribution >= 0.6 is 12.4 Å². The summed E-state index contributed by atoms with van der Waals surface area (Å²) in [5, 5.41) is 0. The number of carbonyl (C=O) groups excluding carboxylic acids is 1. The monoisotopic (exact) mass is 366 g/mol. The number of ether oxygens (including phenoxy) is 1. The van der Waals surface area contributed by atoms with Gasteiger partial charge in [-0.3, -0.25) is 0 Å². The van der Waals surface area contributed by atoms with E-state index in [1.54, 1.807) is 0 Å². The van der Waals surface area contributed by atoms with Gasteiger partial charge in [0.05, 0.1) is 12.0 Å². The molecule has 0 spiro atoms. The van der Waals surface area contributed by atoms with E-state index in [1.165, 1.54) is 16.4 Å². The van der Waals surface area contributed by atoms with Gasteiger partial charge >= 0.3 is 5.97 Å². The average molecular weight is 367 g/mol. The quantitative estimate of drug-likeness (QED) is 0.813. The fraction of sp³-hybridized carbons (Fsp3) is 0.500. The first-order valence-corrected chi connectivity index (χ1v) is 8.43. The molecule has 0 radical (unpaired) electrons. The van der Waals surface area contributed by atoms with E-state index in [1.807, 2.05) is 0 Å². The van der Waals surface area contributed by atoms with Crippen molar-refractivity contribution < 1.29 is 22.3 Å².